The molecule has 0 aliphatic rings. The van der Waals surface area contributed by atoms with Gasteiger partial charge in [-0.3, -0.25) is 0 Å². The number of hydrogen-bond acceptors (Lipinski definition) is 3. The van der Waals surface area contributed by atoms with Crippen LogP contribution < -0.4 is 0 Å². The molecule has 130 valence electrons. The van der Waals surface area contributed by atoms with Crippen LogP contribution in [0.3, 0.4) is 0 Å². The first-order valence-corrected chi connectivity index (χ1v) is 9.16. The lowest BCUT2D eigenvalue weighted by Crippen LogP contribution is -2.14. The lowest BCUT2D eigenvalue weighted by molar-refractivity contribution is 0.0183. The average Bonchev–Trinajstić information content (AvgIpc) is 2.58. The fourth-order valence-corrected chi connectivity index (χ4v) is 2.55. The second-order valence-corrected chi connectivity index (χ2v) is 6.03. The van der Waals surface area contributed by atoms with Crippen LogP contribution in [0.1, 0.15) is 83.3 Å². The minimum absolute atomic E-state index is 0.198. The van der Waals surface area contributed by atoms with E-state index >= 15 is 0 Å². The summed E-state index contributed by atoms with van der Waals surface area (Å²) in [6, 6.07) is 9.97. The van der Waals surface area contributed by atoms with E-state index in [1.807, 2.05) is 30.3 Å². The zero-order valence-electron chi connectivity index (χ0n) is 14.8. The summed E-state index contributed by atoms with van der Waals surface area (Å²) in [6.07, 6.45) is 9.24. The van der Waals surface area contributed by atoms with Gasteiger partial charge in [0.15, 0.2) is 0 Å². The van der Waals surface area contributed by atoms with Crippen LogP contribution in [0.2, 0.25) is 0 Å². The van der Waals surface area contributed by atoms with E-state index in [9.17, 15) is 4.79 Å². The monoisotopic (exact) mass is 320 g/mol. The Kier molecular flexibility index (Phi) is 11.0. The molecule has 0 radical (unpaired) electrons. The van der Waals surface area contributed by atoms with Crippen molar-refractivity contribution in [3.8, 4) is 0 Å². The van der Waals surface area contributed by atoms with Crippen LogP contribution in [-0.2, 0) is 9.47 Å². The van der Waals surface area contributed by atoms with Crippen molar-refractivity contribution in [1.82, 2.24) is 0 Å². The first-order chi connectivity index (χ1) is 11.3. The lowest BCUT2D eigenvalue weighted by atomic mass is 10.0. The van der Waals surface area contributed by atoms with Gasteiger partial charge in [0, 0.05) is 0 Å². The summed E-state index contributed by atoms with van der Waals surface area (Å²) < 4.78 is 10.7. The maximum absolute atomic E-state index is 11.9. The maximum atomic E-state index is 11.9. The van der Waals surface area contributed by atoms with Gasteiger partial charge in [0.25, 0.3) is 0 Å². The van der Waals surface area contributed by atoms with Gasteiger partial charge in [-0.1, -0.05) is 82.7 Å². The predicted octanol–water partition coefficient (Wildman–Crippen LogP) is 6.43. The zero-order chi connectivity index (χ0) is 16.8. The van der Waals surface area contributed by atoms with Crippen LogP contribution in [-0.4, -0.2) is 12.8 Å². The largest absolute Gasteiger partial charge is 0.508 e. The summed E-state index contributed by atoms with van der Waals surface area (Å²) in [5.41, 5.74) is 1.05. The number of carbonyl (C=O) groups is 1. The summed E-state index contributed by atoms with van der Waals surface area (Å²) >= 11 is 0. The Morgan fingerprint density at radius 3 is 2.26 bits per heavy atom. The molecular formula is C20H32O3. The highest BCUT2D eigenvalue weighted by atomic mass is 16.7. The van der Waals surface area contributed by atoms with Gasteiger partial charge in [0.2, 0.25) is 0 Å². The summed E-state index contributed by atoms with van der Waals surface area (Å²) in [7, 11) is 0. The molecule has 0 aliphatic carbocycles. The highest BCUT2D eigenvalue weighted by Crippen LogP contribution is 2.24. The van der Waals surface area contributed by atoms with Gasteiger partial charge in [0.05, 0.1) is 6.61 Å². The molecule has 0 N–H and O–H groups in total. The van der Waals surface area contributed by atoms with E-state index in [2.05, 4.69) is 13.8 Å². The Labute approximate surface area is 141 Å². The highest BCUT2D eigenvalue weighted by molar-refractivity contribution is 5.60. The molecule has 23 heavy (non-hydrogen) atoms. The van der Waals surface area contributed by atoms with Gasteiger partial charge in [-0.2, -0.15) is 0 Å². The van der Waals surface area contributed by atoms with Crippen molar-refractivity contribution in [3.63, 3.8) is 0 Å². The zero-order valence-corrected chi connectivity index (χ0v) is 14.8. The van der Waals surface area contributed by atoms with Crippen molar-refractivity contribution < 1.29 is 14.3 Å². The summed E-state index contributed by atoms with van der Waals surface area (Å²) in [5, 5.41) is 0. The molecule has 0 aromatic heterocycles. The van der Waals surface area contributed by atoms with E-state index < -0.39 is 6.16 Å². The number of rotatable bonds is 12. The Hall–Kier alpha value is -1.51. The second-order valence-electron chi connectivity index (χ2n) is 6.03. The van der Waals surface area contributed by atoms with E-state index in [1.54, 1.807) is 0 Å². The molecule has 1 aromatic rings. The highest BCUT2D eigenvalue weighted by Gasteiger charge is 2.17. The summed E-state index contributed by atoms with van der Waals surface area (Å²) in [6.45, 7) is 4.79. The van der Waals surface area contributed by atoms with Crippen LogP contribution in [0.4, 0.5) is 4.79 Å². The van der Waals surface area contributed by atoms with Gasteiger partial charge >= 0.3 is 6.16 Å². The third-order valence-electron chi connectivity index (χ3n) is 3.95. The van der Waals surface area contributed by atoms with Crippen molar-refractivity contribution in [2.45, 2.75) is 77.7 Å². The molecule has 3 nitrogen and oxygen atoms in total. The van der Waals surface area contributed by atoms with Crippen LogP contribution >= 0.6 is 0 Å². The average molecular weight is 320 g/mol. The third-order valence-corrected chi connectivity index (χ3v) is 3.95. The molecule has 3 heteroatoms. The Bertz CT molecular complexity index is 403. The van der Waals surface area contributed by atoms with Gasteiger partial charge in [-0.25, -0.2) is 4.79 Å². The van der Waals surface area contributed by atoms with Crippen LogP contribution in [0.5, 0.6) is 0 Å². The third kappa shape index (κ3) is 9.27. The van der Waals surface area contributed by atoms with E-state index in [0.717, 1.165) is 37.7 Å². The lowest BCUT2D eigenvalue weighted by Gasteiger charge is -2.18. The first-order valence-electron chi connectivity index (χ1n) is 9.16. The molecule has 0 amide bonds. The number of ether oxygens (including phenoxy) is 2. The first kappa shape index (κ1) is 19.5. The maximum Gasteiger partial charge on any atom is 0.508 e. The SMILES string of the molecule is CCCCCCCC(OC(=O)OCCCCC)c1ccccc1. The molecule has 0 aliphatic heterocycles. The standard InChI is InChI=1S/C20H32O3/c1-3-5-7-8-12-16-19(18-14-10-9-11-15-18)23-20(21)22-17-13-6-4-2/h9-11,14-15,19H,3-8,12-13,16-17H2,1-2H3. The normalized spacial score (nSPS) is 11.9. The van der Waals surface area contributed by atoms with E-state index in [-0.39, 0.29) is 6.10 Å². The van der Waals surface area contributed by atoms with Gasteiger partial charge in [-0.15, -0.1) is 0 Å². The number of benzene rings is 1. The number of unbranched alkanes of at least 4 members (excludes halogenated alkanes) is 6. The quantitative estimate of drug-likeness (QED) is 0.329. The van der Waals surface area contributed by atoms with E-state index in [4.69, 9.17) is 9.47 Å². The molecule has 1 rings (SSSR count). The molecular weight excluding hydrogens is 288 g/mol. The molecule has 0 heterocycles. The molecule has 0 saturated heterocycles. The fourth-order valence-electron chi connectivity index (χ4n) is 2.55. The summed E-state index contributed by atoms with van der Waals surface area (Å²) in [4.78, 5) is 11.9. The minimum atomic E-state index is -0.538. The van der Waals surface area contributed by atoms with E-state index in [1.165, 1.54) is 25.7 Å². The Morgan fingerprint density at radius 1 is 0.913 bits per heavy atom. The summed E-state index contributed by atoms with van der Waals surface area (Å²) in [5.74, 6) is 0. The molecule has 1 unspecified atom stereocenters. The smallest absolute Gasteiger partial charge is 0.434 e. The van der Waals surface area contributed by atoms with Gasteiger partial charge in [-0.05, 0) is 24.8 Å². The molecule has 0 bridgehead atoms. The minimum Gasteiger partial charge on any atom is -0.434 e. The van der Waals surface area contributed by atoms with Crippen molar-refractivity contribution in [2.75, 3.05) is 6.61 Å². The molecule has 0 saturated carbocycles. The molecule has 1 atom stereocenters. The molecule has 0 fully saturated rings. The topological polar surface area (TPSA) is 35.5 Å². The Balaban J connectivity index is 2.43. The Morgan fingerprint density at radius 2 is 1.57 bits per heavy atom. The predicted molar refractivity (Wildman–Crippen MR) is 94.5 cm³/mol. The van der Waals surface area contributed by atoms with Crippen molar-refractivity contribution in [2.24, 2.45) is 0 Å². The van der Waals surface area contributed by atoms with Crippen molar-refractivity contribution in [1.29, 1.82) is 0 Å². The second kappa shape index (κ2) is 13.0. The number of carbonyl (C=O) groups excluding carboxylic acids is 1. The molecule has 1 aromatic carbocycles. The van der Waals surface area contributed by atoms with E-state index in [0.29, 0.717) is 6.61 Å². The van der Waals surface area contributed by atoms with Crippen LogP contribution in [0, 0.1) is 0 Å². The van der Waals surface area contributed by atoms with Crippen LogP contribution in [0.15, 0.2) is 30.3 Å². The van der Waals surface area contributed by atoms with Crippen LogP contribution in [0.25, 0.3) is 0 Å². The van der Waals surface area contributed by atoms with Gasteiger partial charge in [0.1, 0.15) is 6.10 Å². The van der Waals surface area contributed by atoms with Gasteiger partial charge < -0.3 is 9.47 Å². The fraction of sp³-hybridized carbons (Fsp3) is 0.650. The van der Waals surface area contributed by atoms with Crippen molar-refractivity contribution >= 4 is 6.16 Å². The molecule has 0 spiro atoms. The van der Waals surface area contributed by atoms with Crippen molar-refractivity contribution in [3.05, 3.63) is 35.9 Å². The number of hydrogen-bond donors (Lipinski definition) is 0.